The minimum Gasteiger partial charge on any atom is -0.480 e. The van der Waals surface area contributed by atoms with Gasteiger partial charge in [-0.3, -0.25) is 4.79 Å². The summed E-state index contributed by atoms with van der Waals surface area (Å²) in [6.45, 7) is 0.218. The average Bonchev–Trinajstić information content (AvgIpc) is 3.18. The second-order valence-corrected chi connectivity index (χ2v) is 6.96. The molecule has 8 heteroatoms. The molecule has 2 heterocycles. The molecule has 1 aromatic heterocycles. The van der Waals surface area contributed by atoms with Gasteiger partial charge in [-0.15, -0.1) is 0 Å². The van der Waals surface area contributed by atoms with Crippen LogP contribution in [0.1, 0.15) is 12.8 Å². The number of rotatable bonds is 4. The molecule has 7 nitrogen and oxygen atoms in total. The first-order valence-electron chi connectivity index (χ1n) is 6.85. The molecule has 1 aliphatic rings. The van der Waals surface area contributed by atoms with Gasteiger partial charge in [-0.05, 0) is 25.0 Å². The van der Waals surface area contributed by atoms with Gasteiger partial charge in [-0.1, -0.05) is 18.2 Å². The van der Waals surface area contributed by atoms with Gasteiger partial charge in [0.05, 0.1) is 18.1 Å². The van der Waals surface area contributed by atoms with Crippen molar-refractivity contribution in [1.82, 2.24) is 14.1 Å². The van der Waals surface area contributed by atoms with Gasteiger partial charge in [0.1, 0.15) is 10.9 Å². The van der Waals surface area contributed by atoms with Crippen LogP contribution in [0.2, 0.25) is 0 Å². The fourth-order valence-electron chi connectivity index (χ4n) is 2.57. The van der Waals surface area contributed by atoms with Gasteiger partial charge in [0.15, 0.2) is 0 Å². The van der Waals surface area contributed by atoms with E-state index < -0.39 is 22.0 Å². The number of nitrogens with zero attached hydrogens (tertiary/aromatic N) is 3. The van der Waals surface area contributed by atoms with E-state index in [1.54, 1.807) is 12.1 Å². The van der Waals surface area contributed by atoms with Gasteiger partial charge in [0.25, 0.3) is 0 Å². The van der Waals surface area contributed by atoms with Crippen molar-refractivity contribution in [2.75, 3.05) is 6.54 Å². The van der Waals surface area contributed by atoms with Crippen molar-refractivity contribution in [3.8, 4) is 5.69 Å². The maximum Gasteiger partial charge on any atom is 0.322 e. The number of aliphatic carboxylic acids is 1. The van der Waals surface area contributed by atoms with Gasteiger partial charge < -0.3 is 5.11 Å². The van der Waals surface area contributed by atoms with E-state index in [2.05, 4.69) is 5.10 Å². The van der Waals surface area contributed by atoms with Gasteiger partial charge in [-0.25, -0.2) is 13.1 Å². The smallest absolute Gasteiger partial charge is 0.322 e. The van der Waals surface area contributed by atoms with Crippen LogP contribution in [0, 0.1) is 0 Å². The van der Waals surface area contributed by atoms with E-state index in [1.807, 2.05) is 18.2 Å². The second kappa shape index (κ2) is 5.54. The first-order valence-corrected chi connectivity index (χ1v) is 8.29. The fourth-order valence-corrected chi connectivity index (χ4v) is 4.16. The summed E-state index contributed by atoms with van der Waals surface area (Å²) < 4.78 is 27.7. The number of benzene rings is 1. The molecule has 116 valence electrons. The summed E-state index contributed by atoms with van der Waals surface area (Å²) in [7, 11) is -3.85. The minimum atomic E-state index is -3.85. The Morgan fingerprint density at radius 1 is 1.27 bits per heavy atom. The molecule has 0 bridgehead atoms. The van der Waals surface area contributed by atoms with E-state index in [9.17, 15) is 13.2 Å². The molecule has 0 saturated carbocycles. The van der Waals surface area contributed by atoms with E-state index in [4.69, 9.17) is 5.11 Å². The molecule has 1 unspecified atom stereocenters. The number of carboxylic acid groups (broad SMARTS) is 1. The summed E-state index contributed by atoms with van der Waals surface area (Å²) in [6.07, 6.45) is 3.53. The summed E-state index contributed by atoms with van der Waals surface area (Å²) in [5, 5.41) is 13.2. The Bertz CT molecular complexity index is 785. The molecule has 0 radical (unpaired) electrons. The Morgan fingerprint density at radius 3 is 2.68 bits per heavy atom. The zero-order valence-corrected chi connectivity index (χ0v) is 12.5. The predicted molar refractivity (Wildman–Crippen MR) is 78.1 cm³/mol. The lowest BCUT2D eigenvalue weighted by molar-refractivity contribution is -0.140. The van der Waals surface area contributed by atoms with Crippen molar-refractivity contribution in [2.45, 2.75) is 23.8 Å². The zero-order chi connectivity index (χ0) is 15.7. The molecular weight excluding hydrogens is 306 g/mol. The quantitative estimate of drug-likeness (QED) is 0.910. The lowest BCUT2D eigenvalue weighted by atomic mass is 10.2. The Hall–Kier alpha value is -2.19. The molecule has 1 fully saturated rings. The van der Waals surface area contributed by atoms with Crippen molar-refractivity contribution >= 4 is 16.0 Å². The molecule has 3 rings (SSSR count). The van der Waals surface area contributed by atoms with Crippen LogP contribution in [0.25, 0.3) is 5.69 Å². The molecule has 1 atom stereocenters. The molecule has 0 spiro atoms. The fraction of sp³-hybridized carbons (Fsp3) is 0.286. The largest absolute Gasteiger partial charge is 0.480 e. The third-order valence-corrected chi connectivity index (χ3v) is 5.54. The highest BCUT2D eigenvalue weighted by molar-refractivity contribution is 7.89. The van der Waals surface area contributed by atoms with Crippen LogP contribution >= 0.6 is 0 Å². The average molecular weight is 321 g/mol. The predicted octanol–water partition coefficient (Wildman–Crippen LogP) is 1.11. The maximum atomic E-state index is 12.6. The van der Waals surface area contributed by atoms with E-state index in [0.717, 1.165) is 9.99 Å². The Kier molecular flexibility index (Phi) is 3.71. The normalized spacial score (nSPS) is 19.4. The SMILES string of the molecule is O=C(O)C1CCCN1S(=O)(=O)c1cnn(-c2ccccc2)c1. The van der Waals surface area contributed by atoms with Crippen LogP contribution in [0.4, 0.5) is 0 Å². The highest BCUT2D eigenvalue weighted by Gasteiger charge is 2.40. The van der Waals surface area contributed by atoms with E-state index >= 15 is 0 Å². The minimum absolute atomic E-state index is 0.00417. The number of sulfonamides is 1. The molecule has 2 aromatic rings. The molecule has 0 amide bonds. The van der Waals surface area contributed by atoms with Gasteiger partial charge in [0, 0.05) is 6.54 Å². The Morgan fingerprint density at radius 2 is 2.00 bits per heavy atom. The maximum absolute atomic E-state index is 12.6. The van der Waals surface area contributed by atoms with E-state index in [1.165, 1.54) is 17.1 Å². The second-order valence-electron chi connectivity index (χ2n) is 5.07. The number of aromatic nitrogens is 2. The summed E-state index contributed by atoms with van der Waals surface area (Å²) in [4.78, 5) is 11.2. The highest BCUT2D eigenvalue weighted by Crippen LogP contribution is 2.26. The van der Waals surface area contributed by atoms with E-state index in [0.29, 0.717) is 12.8 Å². The zero-order valence-electron chi connectivity index (χ0n) is 11.7. The highest BCUT2D eigenvalue weighted by atomic mass is 32.2. The molecule has 0 aliphatic carbocycles. The molecule has 1 N–H and O–H groups in total. The van der Waals surface area contributed by atoms with Crippen LogP contribution in [-0.4, -0.2) is 46.2 Å². The van der Waals surface area contributed by atoms with Crippen molar-refractivity contribution in [3.05, 3.63) is 42.7 Å². The number of hydrogen-bond acceptors (Lipinski definition) is 4. The molecule has 1 saturated heterocycles. The Labute approximate surface area is 127 Å². The summed E-state index contributed by atoms with van der Waals surface area (Å²) >= 11 is 0. The lowest BCUT2D eigenvalue weighted by Gasteiger charge is -2.19. The van der Waals surface area contributed by atoms with Gasteiger partial charge in [0.2, 0.25) is 10.0 Å². The molecule has 1 aliphatic heterocycles. The molecular formula is C14H15N3O4S. The van der Waals surface area contributed by atoms with Crippen LogP contribution in [-0.2, 0) is 14.8 Å². The monoisotopic (exact) mass is 321 g/mol. The third kappa shape index (κ3) is 2.51. The topological polar surface area (TPSA) is 92.5 Å². The Balaban J connectivity index is 1.94. The standard InChI is InChI=1S/C14H15N3O4S/c18-14(19)13-7-4-8-17(13)22(20,21)12-9-15-16(10-12)11-5-2-1-3-6-11/h1-3,5-6,9-10,13H,4,7-8H2,(H,18,19). The van der Waals surface area contributed by atoms with Gasteiger partial charge in [-0.2, -0.15) is 9.40 Å². The van der Waals surface area contributed by atoms with E-state index in [-0.39, 0.29) is 11.4 Å². The number of carboxylic acids is 1. The van der Waals surface area contributed by atoms with Crippen molar-refractivity contribution in [1.29, 1.82) is 0 Å². The lowest BCUT2D eigenvalue weighted by Crippen LogP contribution is -2.40. The molecule has 22 heavy (non-hydrogen) atoms. The summed E-state index contributed by atoms with van der Waals surface area (Å²) in [5.41, 5.74) is 0.736. The number of carbonyl (C=O) groups is 1. The van der Waals surface area contributed by atoms with Crippen LogP contribution in [0.15, 0.2) is 47.6 Å². The first kappa shape index (κ1) is 14.7. The number of hydrogen-bond donors (Lipinski definition) is 1. The molecule has 1 aromatic carbocycles. The van der Waals surface area contributed by atoms with Crippen molar-refractivity contribution in [3.63, 3.8) is 0 Å². The van der Waals surface area contributed by atoms with Gasteiger partial charge >= 0.3 is 5.97 Å². The first-order chi connectivity index (χ1) is 10.5. The summed E-state index contributed by atoms with van der Waals surface area (Å²) in [6, 6.07) is 8.12. The van der Waals surface area contributed by atoms with Crippen molar-refractivity contribution in [2.24, 2.45) is 0 Å². The number of para-hydroxylation sites is 1. The van der Waals surface area contributed by atoms with Crippen molar-refractivity contribution < 1.29 is 18.3 Å². The summed E-state index contributed by atoms with van der Waals surface area (Å²) in [5.74, 6) is -1.11. The van der Waals surface area contributed by atoms with Crippen LogP contribution in [0.5, 0.6) is 0 Å². The van der Waals surface area contributed by atoms with Crippen LogP contribution < -0.4 is 0 Å². The van der Waals surface area contributed by atoms with Crippen LogP contribution in [0.3, 0.4) is 0 Å². The third-order valence-electron chi connectivity index (χ3n) is 3.67.